The van der Waals surface area contributed by atoms with Gasteiger partial charge in [-0.2, -0.15) is 0 Å². The summed E-state index contributed by atoms with van der Waals surface area (Å²) < 4.78 is 0. The van der Waals surface area contributed by atoms with Crippen LogP contribution in [-0.4, -0.2) is 29.9 Å². The van der Waals surface area contributed by atoms with Crippen LogP contribution in [-0.2, 0) is 4.79 Å². The summed E-state index contributed by atoms with van der Waals surface area (Å²) in [5, 5.41) is 0. The quantitative estimate of drug-likeness (QED) is 0.720. The molecular weight excluding hydrogens is 200 g/mol. The van der Waals surface area contributed by atoms with E-state index in [1.165, 1.54) is 0 Å². The zero-order valence-electron chi connectivity index (χ0n) is 10.1. The zero-order valence-corrected chi connectivity index (χ0v) is 10.1. The van der Waals surface area contributed by atoms with Crippen LogP contribution in [0.25, 0.3) is 0 Å². The third-order valence-electron chi connectivity index (χ3n) is 3.59. The average molecular weight is 222 g/mol. The van der Waals surface area contributed by atoms with Gasteiger partial charge in [0.05, 0.1) is 0 Å². The Morgan fingerprint density at radius 1 is 1.50 bits per heavy atom. The van der Waals surface area contributed by atoms with E-state index in [2.05, 4.69) is 19.1 Å². The number of amides is 1. The fraction of sp³-hybridized carbons (Fsp3) is 0.769. The first-order valence-electron chi connectivity index (χ1n) is 6.35. The fourth-order valence-electron chi connectivity index (χ4n) is 2.82. The van der Waals surface area contributed by atoms with Crippen LogP contribution in [0.5, 0.6) is 0 Å². The van der Waals surface area contributed by atoms with Crippen molar-refractivity contribution in [3.8, 4) is 0 Å². The van der Waals surface area contributed by atoms with Crippen molar-refractivity contribution in [1.82, 2.24) is 4.90 Å². The molecule has 3 unspecified atom stereocenters. The lowest BCUT2D eigenvalue weighted by molar-refractivity contribution is -0.133. The van der Waals surface area contributed by atoms with E-state index in [-0.39, 0.29) is 6.04 Å². The Morgan fingerprint density at radius 3 is 2.94 bits per heavy atom. The van der Waals surface area contributed by atoms with E-state index in [1.54, 1.807) is 0 Å². The number of nitrogens with two attached hydrogens (primary N) is 1. The lowest BCUT2D eigenvalue weighted by atomic mass is 9.95. The van der Waals surface area contributed by atoms with Crippen LogP contribution in [0.2, 0.25) is 0 Å². The molecule has 0 aromatic carbocycles. The second-order valence-electron chi connectivity index (χ2n) is 5.37. The second kappa shape index (κ2) is 5.00. The molecule has 1 saturated heterocycles. The average Bonchev–Trinajstić information content (AvgIpc) is 2.68. The van der Waals surface area contributed by atoms with Crippen molar-refractivity contribution in [2.45, 2.75) is 38.6 Å². The van der Waals surface area contributed by atoms with Crippen LogP contribution in [0.4, 0.5) is 0 Å². The highest BCUT2D eigenvalue weighted by Crippen LogP contribution is 2.23. The summed E-state index contributed by atoms with van der Waals surface area (Å²) in [5.41, 5.74) is 5.95. The van der Waals surface area contributed by atoms with Gasteiger partial charge in [-0.25, -0.2) is 0 Å². The number of likely N-dealkylation sites (tertiary alicyclic amines) is 1. The van der Waals surface area contributed by atoms with Crippen molar-refractivity contribution in [2.24, 2.45) is 17.6 Å². The number of rotatable bonds is 2. The Morgan fingerprint density at radius 2 is 2.31 bits per heavy atom. The van der Waals surface area contributed by atoms with Crippen LogP contribution in [0.15, 0.2) is 12.2 Å². The maximum Gasteiger partial charge on any atom is 0.223 e. The topological polar surface area (TPSA) is 46.3 Å². The lowest BCUT2D eigenvalue weighted by Gasteiger charge is -2.35. The molecule has 1 heterocycles. The van der Waals surface area contributed by atoms with Crippen LogP contribution < -0.4 is 5.73 Å². The molecule has 0 spiro atoms. The van der Waals surface area contributed by atoms with E-state index >= 15 is 0 Å². The van der Waals surface area contributed by atoms with Crippen molar-refractivity contribution in [3.05, 3.63) is 12.2 Å². The molecule has 2 aliphatic rings. The molecule has 16 heavy (non-hydrogen) atoms. The van der Waals surface area contributed by atoms with E-state index in [0.717, 1.165) is 32.4 Å². The number of carbonyl (C=O) groups is 1. The smallest absolute Gasteiger partial charge is 0.223 e. The first kappa shape index (κ1) is 11.6. The van der Waals surface area contributed by atoms with Crippen LogP contribution in [0.3, 0.4) is 0 Å². The Labute approximate surface area is 97.7 Å². The predicted molar refractivity (Wildman–Crippen MR) is 64.8 cm³/mol. The van der Waals surface area contributed by atoms with Gasteiger partial charge in [-0.1, -0.05) is 19.1 Å². The number of hydrogen-bond acceptors (Lipinski definition) is 2. The van der Waals surface area contributed by atoms with Gasteiger partial charge in [-0.05, 0) is 31.1 Å². The summed E-state index contributed by atoms with van der Waals surface area (Å²) in [5.74, 6) is 1.31. The summed E-state index contributed by atoms with van der Waals surface area (Å²) in [4.78, 5) is 14.0. The third-order valence-corrected chi connectivity index (χ3v) is 3.59. The molecule has 3 heteroatoms. The summed E-state index contributed by atoms with van der Waals surface area (Å²) in [6.07, 6.45) is 8.37. The minimum Gasteiger partial charge on any atom is -0.341 e. The van der Waals surface area contributed by atoms with Gasteiger partial charge in [-0.3, -0.25) is 4.79 Å². The van der Waals surface area contributed by atoms with Gasteiger partial charge in [0, 0.05) is 25.6 Å². The van der Waals surface area contributed by atoms with Gasteiger partial charge in [0.25, 0.3) is 0 Å². The van der Waals surface area contributed by atoms with Gasteiger partial charge >= 0.3 is 0 Å². The summed E-state index contributed by atoms with van der Waals surface area (Å²) in [7, 11) is 0. The number of allylic oxidation sites excluding steroid dienone is 2. The Hall–Kier alpha value is -0.830. The van der Waals surface area contributed by atoms with Crippen molar-refractivity contribution in [1.29, 1.82) is 0 Å². The number of hydrogen-bond donors (Lipinski definition) is 1. The molecule has 0 aromatic heterocycles. The minimum atomic E-state index is 0.173. The van der Waals surface area contributed by atoms with Gasteiger partial charge in [-0.15, -0.1) is 0 Å². The highest BCUT2D eigenvalue weighted by Gasteiger charge is 2.26. The molecule has 1 aliphatic carbocycles. The monoisotopic (exact) mass is 222 g/mol. The molecule has 2 N–H and O–H groups in total. The van der Waals surface area contributed by atoms with Crippen LogP contribution in [0, 0.1) is 11.8 Å². The highest BCUT2D eigenvalue weighted by molar-refractivity contribution is 5.77. The highest BCUT2D eigenvalue weighted by atomic mass is 16.2. The molecule has 0 radical (unpaired) electrons. The molecule has 3 atom stereocenters. The van der Waals surface area contributed by atoms with Crippen molar-refractivity contribution < 1.29 is 4.79 Å². The molecule has 1 aliphatic heterocycles. The van der Waals surface area contributed by atoms with E-state index in [4.69, 9.17) is 5.73 Å². The standard InChI is InChI=1S/C13H22N2O/c1-10-6-12(14)9-15(8-10)13(16)7-11-4-2-3-5-11/h2,4,10-12H,3,5-9,14H2,1H3. The maximum absolute atomic E-state index is 12.1. The Bertz CT molecular complexity index is 278. The molecule has 0 saturated carbocycles. The molecular formula is C13H22N2O. The summed E-state index contributed by atoms with van der Waals surface area (Å²) >= 11 is 0. The molecule has 0 bridgehead atoms. The molecule has 1 fully saturated rings. The Kier molecular flexibility index (Phi) is 3.64. The molecule has 90 valence electrons. The molecule has 3 nitrogen and oxygen atoms in total. The fourth-order valence-corrected chi connectivity index (χ4v) is 2.82. The number of nitrogens with zero attached hydrogens (tertiary/aromatic N) is 1. The maximum atomic E-state index is 12.1. The number of piperidine rings is 1. The largest absolute Gasteiger partial charge is 0.341 e. The van der Waals surface area contributed by atoms with Crippen molar-refractivity contribution in [2.75, 3.05) is 13.1 Å². The van der Waals surface area contributed by atoms with E-state index in [0.29, 0.717) is 24.2 Å². The first-order valence-corrected chi connectivity index (χ1v) is 6.35. The normalized spacial score (nSPS) is 34.4. The van der Waals surface area contributed by atoms with Crippen LogP contribution >= 0.6 is 0 Å². The van der Waals surface area contributed by atoms with E-state index in [1.807, 2.05) is 4.90 Å². The van der Waals surface area contributed by atoms with Gasteiger partial charge in [0.1, 0.15) is 0 Å². The van der Waals surface area contributed by atoms with E-state index < -0.39 is 0 Å². The van der Waals surface area contributed by atoms with Gasteiger partial charge in [0.15, 0.2) is 0 Å². The summed E-state index contributed by atoms with van der Waals surface area (Å²) in [6, 6.07) is 0.173. The first-order chi connectivity index (χ1) is 7.65. The van der Waals surface area contributed by atoms with Crippen molar-refractivity contribution in [3.63, 3.8) is 0 Å². The lowest BCUT2D eigenvalue weighted by Crippen LogP contribution is -2.49. The SMILES string of the molecule is CC1CC(N)CN(C(=O)CC2C=CCC2)C1. The van der Waals surface area contributed by atoms with Gasteiger partial charge < -0.3 is 10.6 Å². The molecule has 0 aromatic rings. The second-order valence-corrected chi connectivity index (χ2v) is 5.37. The molecule has 1 amide bonds. The molecule has 2 rings (SSSR count). The van der Waals surface area contributed by atoms with Gasteiger partial charge in [0.2, 0.25) is 5.91 Å². The summed E-state index contributed by atoms with van der Waals surface area (Å²) in [6.45, 7) is 3.82. The minimum absolute atomic E-state index is 0.173. The number of carbonyl (C=O) groups excluding carboxylic acids is 1. The Balaban J connectivity index is 1.85. The van der Waals surface area contributed by atoms with E-state index in [9.17, 15) is 4.79 Å². The predicted octanol–water partition coefficient (Wildman–Crippen LogP) is 1.54. The third kappa shape index (κ3) is 2.85. The zero-order chi connectivity index (χ0) is 11.5. The van der Waals surface area contributed by atoms with Crippen molar-refractivity contribution >= 4 is 5.91 Å². The van der Waals surface area contributed by atoms with Crippen LogP contribution in [0.1, 0.15) is 32.6 Å².